The van der Waals surface area contributed by atoms with Gasteiger partial charge in [-0.3, -0.25) is 0 Å². The molecule has 0 saturated heterocycles. The molecule has 0 atom stereocenters. The Balaban J connectivity index is 1.11. The molecule has 0 heterocycles. The van der Waals surface area contributed by atoms with E-state index in [2.05, 4.69) is 218 Å². The Kier molecular flexibility index (Phi) is 10.2. The van der Waals surface area contributed by atoms with E-state index in [1.165, 1.54) is 110 Å². The summed E-state index contributed by atoms with van der Waals surface area (Å²) in [6, 6.07) is 60.1. The first-order valence-corrected chi connectivity index (χ1v) is 22.4. The number of anilines is 3. The molecule has 7 aromatic rings. The molecule has 9 rings (SSSR count). The van der Waals surface area contributed by atoms with E-state index in [1.807, 2.05) is 0 Å². The van der Waals surface area contributed by atoms with Crippen molar-refractivity contribution >= 4 is 17.1 Å². The molecule has 1 saturated carbocycles. The summed E-state index contributed by atoms with van der Waals surface area (Å²) in [5.41, 5.74) is 20.6. The van der Waals surface area contributed by atoms with Crippen LogP contribution < -0.4 is 4.90 Å². The summed E-state index contributed by atoms with van der Waals surface area (Å²) in [5, 5.41) is 0. The monoisotopic (exact) mass is 783 g/mol. The van der Waals surface area contributed by atoms with Gasteiger partial charge in [0.15, 0.2) is 0 Å². The van der Waals surface area contributed by atoms with Gasteiger partial charge in [-0.1, -0.05) is 190 Å². The van der Waals surface area contributed by atoms with Gasteiger partial charge >= 0.3 is 0 Å². The normalized spacial score (nSPS) is 15.1. The average Bonchev–Trinajstić information content (AvgIpc) is 3.49. The van der Waals surface area contributed by atoms with Crippen molar-refractivity contribution in [3.8, 4) is 44.5 Å². The first-order chi connectivity index (χ1) is 28.7. The fourth-order valence-corrected chi connectivity index (χ4v) is 9.83. The number of benzene rings is 7. The summed E-state index contributed by atoms with van der Waals surface area (Å²) >= 11 is 0. The molecular weight excluding hydrogens is 723 g/mol. The highest BCUT2D eigenvalue weighted by molar-refractivity contribution is 5.87. The molecule has 0 N–H and O–H groups in total. The van der Waals surface area contributed by atoms with Crippen molar-refractivity contribution in [1.29, 1.82) is 0 Å². The quantitative estimate of drug-likeness (QED) is 0.156. The van der Waals surface area contributed by atoms with Crippen LogP contribution >= 0.6 is 0 Å². The van der Waals surface area contributed by atoms with Gasteiger partial charge in [0, 0.05) is 22.5 Å². The van der Waals surface area contributed by atoms with Crippen LogP contribution in [0.1, 0.15) is 121 Å². The molecule has 1 fully saturated rings. The maximum absolute atomic E-state index is 2.45. The third-order valence-electron chi connectivity index (χ3n) is 13.6. The van der Waals surface area contributed by atoms with Crippen LogP contribution in [0.5, 0.6) is 0 Å². The second-order valence-electron chi connectivity index (χ2n) is 20.2. The molecule has 2 aliphatic carbocycles. The second-order valence-corrected chi connectivity index (χ2v) is 20.2. The zero-order chi connectivity index (χ0) is 41.8. The van der Waals surface area contributed by atoms with Gasteiger partial charge in [-0.2, -0.15) is 0 Å². The van der Waals surface area contributed by atoms with Crippen molar-refractivity contribution in [1.82, 2.24) is 0 Å². The Labute approximate surface area is 360 Å². The Morgan fingerprint density at radius 1 is 0.417 bits per heavy atom. The van der Waals surface area contributed by atoms with Crippen LogP contribution in [0.3, 0.4) is 0 Å². The summed E-state index contributed by atoms with van der Waals surface area (Å²) in [4.78, 5) is 2.45. The summed E-state index contributed by atoms with van der Waals surface area (Å²) in [5.74, 6) is 0.716. The smallest absolute Gasteiger partial charge is 0.0467 e. The number of nitrogens with zero attached hydrogens (tertiary/aromatic N) is 1. The fourth-order valence-electron chi connectivity index (χ4n) is 9.83. The van der Waals surface area contributed by atoms with E-state index in [0.717, 1.165) is 11.4 Å². The van der Waals surface area contributed by atoms with E-state index in [1.54, 1.807) is 0 Å². The molecule has 0 radical (unpaired) electrons. The van der Waals surface area contributed by atoms with Gasteiger partial charge < -0.3 is 4.90 Å². The van der Waals surface area contributed by atoms with Gasteiger partial charge in [0.05, 0.1) is 0 Å². The molecule has 2 aliphatic rings. The molecule has 60 heavy (non-hydrogen) atoms. The zero-order valence-electron chi connectivity index (χ0n) is 37.1. The molecule has 0 amide bonds. The Bertz CT molecular complexity index is 2620. The fraction of sp³-hybridized carbons (Fsp3) is 0.288. The third kappa shape index (κ3) is 7.64. The Morgan fingerprint density at radius 2 is 0.950 bits per heavy atom. The maximum atomic E-state index is 2.45. The van der Waals surface area contributed by atoms with Crippen molar-refractivity contribution in [3.05, 3.63) is 186 Å². The van der Waals surface area contributed by atoms with Crippen molar-refractivity contribution in [2.45, 2.75) is 110 Å². The summed E-state index contributed by atoms with van der Waals surface area (Å²) in [6.45, 7) is 18.6. The van der Waals surface area contributed by atoms with Crippen LogP contribution in [0.2, 0.25) is 0 Å². The highest BCUT2D eigenvalue weighted by Gasteiger charge is 2.36. The molecule has 1 heteroatoms. The minimum atomic E-state index is -0.0965. The minimum absolute atomic E-state index is 0.0539. The Morgan fingerprint density at radius 3 is 1.60 bits per heavy atom. The van der Waals surface area contributed by atoms with Crippen molar-refractivity contribution in [2.75, 3.05) is 4.90 Å². The lowest BCUT2D eigenvalue weighted by Crippen LogP contribution is -2.16. The molecule has 7 aromatic carbocycles. The van der Waals surface area contributed by atoms with E-state index >= 15 is 0 Å². The molecular formula is C59H61N. The first-order valence-electron chi connectivity index (χ1n) is 22.4. The van der Waals surface area contributed by atoms with E-state index in [-0.39, 0.29) is 16.2 Å². The van der Waals surface area contributed by atoms with Crippen molar-refractivity contribution < 1.29 is 0 Å². The van der Waals surface area contributed by atoms with Crippen molar-refractivity contribution in [2.24, 2.45) is 0 Å². The number of hydrogen-bond acceptors (Lipinski definition) is 1. The van der Waals surface area contributed by atoms with Crippen LogP contribution in [-0.2, 0) is 16.2 Å². The van der Waals surface area contributed by atoms with Gasteiger partial charge in [-0.25, -0.2) is 0 Å². The van der Waals surface area contributed by atoms with Gasteiger partial charge in [0.2, 0.25) is 0 Å². The van der Waals surface area contributed by atoms with Crippen LogP contribution in [0.4, 0.5) is 17.1 Å². The highest BCUT2D eigenvalue weighted by atomic mass is 15.1. The molecule has 0 bridgehead atoms. The lowest BCUT2D eigenvalue weighted by Gasteiger charge is -2.28. The number of hydrogen-bond donors (Lipinski definition) is 0. The number of rotatable bonds is 7. The van der Waals surface area contributed by atoms with Crippen molar-refractivity contribution in [3.63, 3.8) is 0 Å². The van der Waals surface area contributed by atoms with E-state index in [9.17, 15) is 0 Å². The first kappa shape index (κ1) is 39.8. The second kappa shape index (κ2) is 15.4. The average molecular weight is 784 g/mol. The maximum Gasteiger partial charge on any atom is 0.0467 e. The summed E-state index contributed by atoms with van der Waals surface area (Å²) < 4.78 is 0. The minimum Gasteiger partial charge on any atom is -0.310 e. The lowest BCUT2D eigenvalue weighted by molar-refractivity contribution is 0.443. The van der Waals surface area contributed by atoms with Crippen LogP contribution in [0.15, 0.2) is 158 Å². The van der Waals surface area contributed by atoms with Crippen LogP contribution in [-0.4, -0.2) is 0 Å². The predicted molar refractivity (Wildman–Crippen MR) is 258 cm³/mol. The molecule has 302 valence electrons. The highest BCUT2D eigenvalue weighted by Crippen LogP contribution is 2.51. The molecule has 1 nitrogen and oxygen atoms in total. The standard InChI is InChI=1S/C59H61N/c1-57(2,3)48-35-47(36-49(38-48)58(4,5)6)45-19-14-18-44(34-45)46-20-15-21-51(37-46)60(52-32-33-54-53-22-12-13-23-55(53)59(7,8)56(54)39-52)50-30-28-43(29-31-50)42-26-24-41(25-27-42)40-16-10-9-11-17-40/h12-15,18-40H,9-11,16-17H2,1-8H3. The SMILES string of the molecule is CC(C)(C)c1cc(-c2cccc(-c3cccc(N(c4ccc(-c5ccc(C6CCCCC6)cc5)cc4)c4ccc5c(c4)C(C)(C)c4ccccc4-5)c3)c2)cc(C(C)(C)C)c1. The Hall–Kier alpha value is -5.66. The summed E-state index contributed by atoms with van der Waals surface area (Å²) in [6.07, 6.45) is 6.76. The topological polar surface area (TPSA) is 3.24 Å². The third-order valence-corrected chi connectivity index (χ3v) is 13.6. The molecule has 0 unspecified atom stereocenters. The zero-order valence-corrected chi connectivity index (χ0v) is 37.1. The van der Waals surface area contributed by atoms with E-state index < -0.39 is 0 Å². The lowest BCUT2D eigenvalue weighted by atomic mass is 9.79. The van der Waals surface area contributed by atoms with Gasteiger partial charge in [-0.15, -0.1) is 0 Å². The van der Waals surface area contributed by atoms with E-state index in [0.29, 0.717) is 5.92 Å². The van der Waals surface area contributed by atoms with Gasteiger partial charge in [-0.05, 0) is 144 Å². The van der Waals surface area contributed by atoms with E-state index in [4.69, 9.17) is 0 Å². The largest absolute Gasteiger partial charge is 0.310 e. The number of fused-ring (bicyclic) bond motifs is 3. The molecule has 0 spiro atoms. The van der Waals surface area contributed by atoms with Crippen LogP contribution in [0.25, 0.3) is 44.5 Å². The van der Waals surface area contributed by atoms with Gasteiger partial charge in [0.1, 0.15) is 0 Å². The van der Waals surface area contributed by atoms with Crippen LogP contribution in [0, 0.1) is 0 Å². The molecule has 0 aromatic heterocycles. The predicted octanol–water partition coefficient (Wildman–Crippen LogP) is 17.1. The van der Waals surface area contributed by atoms with Gasteiger partial charge in [0.25, 0.3) is 0 Å². The summed E-state index contributed by atoms with van der Waals surface area (Å²) in [7, 11) is 0. The molecule has 0 aliphatic heterocycles.